The fraction of sp³-hybridized carbons (Fsp3) is 0.125. The van der Waals surface area contributed by atoms with Crippen LogP contribution in [0.15, 0.2) is 82.1 Å². The van der Waals surface area contributed by atoms with Crippen LogP contribution in [-0.2, 0) is 16.3 Å². The Labute approximate surface area is 181 Å². The lowest BCUT2D eigenvalue weighted by Crippen LogP contribution is -1.96. The highest BCUT2D eigenvalue weighted by Gasteiger charge is 2.21. The summed E-state index contributed by atoms with van der Waals surface area (Å²) < 4.78 is 29.8. The maximum Gasteiger partial charge on any atom is 0.199 e. The number of halogens is 1. The molecule has 0 aliphatic carbocycles. The van der Waals surface area contributed by atoms with Crippen LogP contribution in [0, 0.1) is 6.92 Å². The van der Waals surface area contributed by atoms with Crippen LogP contribution in [-0.4, -0.2) is 19.7 Å². The van der Waals surface area contributed by atoms with E-state index in [1.807, 2.05) is 55.5 Å². The SMILES string of the molecule is Cc1cccc(Cl)c1-c1oc(Cc2ccccc2)nc1-c1ccc(S(C)(=O)=O)cc1. The lowest BCUT2D eigenvalue weighted by molar-refractivity contribution is 0.519. The van der Waals surface area contributed by atoms with Gasteiger partial charge in [0.2, 0.25) is 0 Å². The largest absolute Gasteiger partial charge is 0.440 e. The number of aryl methyl sites for hydroxylation is 1. The zero-order valence-electron chi connectivity index (χ0n) is 16.6. The quantitative estimate of drug-likeness (QED) is 0.386. The molecule has 3 aromatic carbocycles. The van der Waals surface area contributed by atoms with E-state index in [4.69, 9.17) is 21.0 Å². The van der Waals surface area contributed by atoms with E-state index in [1.54, 1.807) is 24.3 Å². The van der Waals surface area contributed by atoms with Crippen LogP contribution in [0.4, 0.5) is 0 Å². The van der Waals surface area contributed by atoms with Crippen LogP contribution in [0.1, 0.15) is 17.0 Å². The molecule has 152 valence electrons. The van der Waals surface area contributed by atoms with Gasteiger partial charge >= 0.3 is 0 Å². The molecule has 4 rings (SSSR count). The Hall–Kier alpha value is -2.89. The normalized spacial score (nSPS) is 11.6. The second-order valence-electron chi connectivity index (χ2n) is 7.18. The van der Waals surface area contributed by atoms with E-state index in [0.29, 0.717) is 28.8 Å². The van der Waals surface area contributed by atoms with Gasteiger partial charge in [-0.3, -0.25) is 0 Å². The van der Waals surface area contributed by atoms with E-state index in [-0.39, 0.29) is 4.90 Å². The Bertz CT molecular complexity index is 1270. The first-order chi connectivity index (χ1) is 14.3. The smallest absolute Gasteiger partial charge is 0.199 e. The van der Waals surface area contributed by atoms with Crippen molar-refractivity contribution in [1.82, 2.24) is 4.98 Å². The Morgan fingerprint density at radius 3 is 2.27 bits per heavy atom. The highest BCUT2D eigenvalue weighted by Crippen LogP contribution is 2.39. The Balaban J connectivity index is 1.85. The molecular formula is C24H20ClNO3S. The lowest BCUT2D eigenvalue weighted by atomic mass is 10.0. The fourth-order valence-corrected chi connectivity index (χ4v) is 4.29. The summed E-state index contributed by atoms with van der Waals surface area (Å²) in [5.74, 6) is 1.15. The summed E-state index contributed by atoms with van der Waals surface area (Å²) in [6.45, 7) is 1.97. The van der Waals surface area contributed by atoms with E-state index in [9.17, 15) is 8.42 Å². The van der Waals surface area contributed by atoms with Crippen LogP contribution >= 0.6 is 11.6 Å². The third-order valence-corrected chi connectivity index (χ3v) is 6.32. The number of hydrogen-bond donors (Lipinski definition) is 0. The number of benzene rings is 3. The minimum absolute atomic E-state index is 0.259. The molecule has 0 N–H and O–H groups in total. The van der Waals surface area contributed by atoms with Crippen molar-refractivity contribution < 1.29 is 12.8 Å². The molecule has 0 aliphatic rings. The summed E-state index contributed by atoms with van der Waals surface area (Å²) in [4.78, 5) is 5.01. The standard InChI is InChI=1S/C24H20ClNO3S/c1-16-7-6-10-20(25)22(16)24-23(18-11-13-19(14-12-18)30(2,27)28)26-21(29-24)15-17-8-4-3-5-9-17/h3-14H,15H2,1-2H3. The van der Waals surface area contributed by atoms with Crippen molar-refractivity contribution in [3.63, 3.8) is 0 Å². The van der Waals surface area contributed by atoms with Gasteiger partial charge in [0.25, 0.3) is 0 Å². The van der Waals surface area contributed by atoms with Crippen LogP contribution in [0.3, 0.4) is 0 Å². The van der Waals surface area contributed by atoms with Gasteiger partial charge in [0.15, 0.2) is 21.5 Å². The molecule has 4 aromatic rings. The van der Waals surface area contributed by atoms with E-state index in [0.717, 1.165) is 22.3 Å². The molecule has 0 unspecified atom stereocenters. The average molecular weight is 438 g/mol. The van der Waals surface area contributed by atoms with E-state index in [2.05, 4.69) is 0 Å². The van der Waals surface area contributed by atoms with Crippen molar-refractivity contribution in [1.29, 1.82) is 0 Å². The van der Waals surface area contributed by atoms with Crippen LogP contribution in [0.2, 0.25) is 5.02 Å². The van der Waals surface area contributed by atoms with Gasteiger partial charge in [-0.2, -0.15) is 0 Å². The Morgan fingerprint density at radius 2 is 1.63 bits per heavy atom. The second kappa shape index (κ2) is 8.09. The van der Waals surface area contributed by atoms with E-state index in [1.165, 1.54) is 6.26 Å². The molecule has 0 radical (unpaired) electrons. The van der Waals surface area contributed by atoms with Gasteiger partial charge in [0.05, 0.1) is 9.92 Å². The highest BCUT2D eigenvalue weighted by atomic mass is 35.5. The molecule has 0 atom stereocenters. The molecule has 0 spiro atoms. The first-order valence-corrected chi connectivity index (χ1v) is 11.7. The Morgan fingerprint density at radius 1 is 0.933 bits per heavy atom. The van der Waals surface area contributed by atoms with Crippen molar-refractivity contribution >= 4 is 21.4 Å². The van der Waals surface area contributed by atoms with Crippen molar-refractivity contribution in [3.05, 3.63) is 94.8 Å². The van der Waals surface area contributed by atoms with Gasteiger partial charge in [0.1, 0.15) is 5.69 Å². The minimum Gasteiger partial charge on any atom is -0.440 e. The van der Waals surface area contributed by atoms with E-state index >= 15 is 0 Å². The van der Waals surface area contributed by atoms with Gasteiger partial charge < -0.3 is 4.42 Å². The van der Waals surface area contributed by atoms with Gasteiger partial charge in [-0.15, -0.1) is 0 Å². The molecule has 1 aromatic heterocycles. The molecule has 30 heavy (non-hydrogen) atoms. The summed E-state index contributed by atoms with van der Waals surface area (Å²) in [6.07, 6.45) is 1.73. The Kier molecular flexibility index (Phi) is 5.50. The number of sulfone groups is 1. The number of rotatable bonds is 5. The number of nitrogens with zero attached hydrogens (tertiary/aromatic N) is 1. The van der Waals surface area contributed by atoms with Crippen LogP contribution in [0.5, 0.6) is 0 Å². The molecule has 0 saturated heterocycles. The third kappa shape index (κ3) is 4.18. The van der Waals surface area contributed by atoms with Gasteiger partial charge in [-0.05, 0) is 36.2 Å². The maximum atomic E-state index is 11.8. The molecular weight excluding hydrogens is 418 g/mol. The summed E-state index contributed by atoms with van der Waals surface area (Å²) in [5.41, 5.74) is 4.24. The summed E-state index contributed by atoms with van der Waals surface area (Å²) in [7, 11) is -3.28. The number of hydrogen-bond acceptors (Lipinski definition) is 4. The zero-order chi connectivity index (χ0) is 21.3. The second-order valence-corrected chi connectivity index (χ2v) is 9.60. The maximum absolute atomic E-state index is 11.8. The van der Waals surface area contributed by atoms with Crippen LogP contribution < -0.4 is 0 Å². The van der Waals surface area contributed by atoms with Crippen LogP contribution in [0.25, 0.3) is 22.6 Å². The summed E-state index contributed by atoms with van der Waals surface area (Å²) >= 11 is 6.51. The predicted molar refractivity (Wildman–Crippen MR) is 119 cm³/mol. The average Bonchev–Trinajstić information content (AvgIpc) is 3.11. The van der Waals surface area contributed by atoms with Gasteiger partial charge in [0, 0.05) is 23.8 Å². The van der Waals surface area contributed by atoms with Crippen molar-refractivity contribution in [2.75, 3.05) is 6.26 Å². The van der Waals surface area contributed by atoms with Crippen molar-refractivity contribution in [2.45, 2.75) is 18.2 Å². The third-order valence-electron chi connectivity index (χ3n) is 4.87. The molecule has 0 amide bonds. The number of oxazole rings is 1. The first-order valence-electron chi connectivity index (χ1n) is 9.42. The van der Waals surface area contributed by atoms with Gasteiger partial charge in [-0.1, -0.05) is 66.2 Å². The minimum atomic E-state index is -3.28. The van der Waals surface area contributed by atoms with Crippen molar-refractivity contribution in [3.8, 4) is 22.6 Å². The zero-order valence-corrected chi connectivity index (χ0v) is 18.2. The number of aromatic nitrogens is 1. The summed E-state index contributed by atoms with van der Waals surface area (Å²) in [5, 5.41) is 0.575. The highest BCUT2D eigenvalue weighted by molar-refractivity contribution is 7.90. The molecule has 4 nitrogen and oxygen atoms in total. The van der Waals surface area contributed by atoms with Gasteiger partial charge in [-0.25, -0.2) is 13.4 Å². The molecule has 0 saturated carbocycles. The van der Waals surface area contributed by atoms with E-state index < -0.39 is 9.84 Å². The fourth-order valence-electron chi connectivity index (χ4n) is 3.36. The molecule has 0 aliphatic heterocycles. The first kappa shape index (κ1) is 20.4. The lowest BCUT2D eigenvalue weighted by Gasteiger charge is -2.08. The molecule has 0 bridgehead atoms. The summed E-state index contributed by atoms with van der Waals surface area (Å²) in [6, 6.07) is 22.3. The molecule has 0 fully saturated rings. The predicted octanol–water partition coefficient (Wildman–Crippen LogP) is 5.96. The monoisotopic (exact) mass is 437 g/mol. The molecule has 6 heteroatoms. The van der Waals surface area contributed by atoms with Crippen molar-refractivity contribution in [2.24, 2.45) is 0 Å². The topological polar surface area (TPSA) is 60.2 Å². The molecule has 1 heterocycles.